The summed E-state index contributed by atoms with van der Waals surface area (Å²) in [4.78, 5) is 12.0. The quantitative estimate of drug-likeness (QED) is 0.637. The van der Waals surface area contributed by atoms with Crippen molar-refractivity contribution < 1.29 is 13.9 Å². The first-order valence-electron chi connectivity index (χ1n) is 7.06. The zero-order chi connectivity index (χ0) is 15.9. The SMILES string of the molecule is CCOc1ccc(C(=O)C=CNc2cc(C)ccc2F)cc1. The maximum absolute atomic E-state index is 13.5. The number of hydrogen-bond acceptors (Lipinski definition) is 3. The number of carbonyl (C=O) groups excluding carboxylic acids is 1. The molecule has 0 atom stereocenters. The molecular weight excluding hydrogens is 281 g/mol. The van der Waals surface area contributed by atoms with Gasteiger partial charge in [0.25, 0.3) is 0 Å². The Morgan fingerprint density at radius 1 is 1.23 bits per heavy atom. The van der Waals surface area contributed by atoms with E-state index in [1.54, 1.807) is 36.4 Å². The Bertz CT molecular complexity index is 678. The van der Waals surface area contributed by atoms with E-state index in [-0.39, 0.29) is 11.6 Å². The van der Waals surface area contributed by atoms with Crippen LogP contribution < -0.4 is 10.1 Å². The summed E-state index contributed by atoms with van der Waals surface area (Å²) < 4.78 is 18.9. The summed E-state index contributed by atoms with van der Waals surface area (Å²) in [5.41, 5.74) is 1.83. The summed E-state index contributed by atoms with van der Waals surface area (Å²) in [6.45, 7) is 4.36. The van der Waals surface area contributed by atoms with Crippen molar-refractivity contribution >= 4 is 11.5 Å². The number of ketones is 1. The molecule has 2 aromatic carbocycles. The lowest BCUT2D eigenvalue weighted by atomic mass is 10.1. The van der Waals surface area contributed by atoms with Crippen LogP contribution >= 0.6 is 0 Å². The predicted molar refractivity (Wildman–Crippen MR) is 85.8 cm³/mol. The van der Waals surface area contributed by atoms with Gasteiger partial charge < -0.3 is 10.1 Å². The maximum atomic E-state index is 13.5. The average molecular weight is 299 g/mol. The molecule has 0 saturated carbocycles. The molecule has 0 amide bonds. The highest BCUT2D eigenvalue weighted by atomic mass is 19.1. The number of ether oxygens (including phenoxy) is 1. The van der Waals surface area contributed by atoms with Gasteiger partial charge in [-0.1, -0.05) is 6.07 Å². The number of halogens is 1. The lowest BCUT2D eigenvalue weighted by Gasteiger charge is -2.04. The summed E-state index contributed by atoms with van der Waals surface area (Å²) in [5.74, 6) is 0.204. The Labute approximate surface area is 129 Å². The van der Waals surface area contributed by atoms with Gasteiger partial charge in [-0.15, -0.1) is 0 Å². The Morgan fingerprint density at radius 3 is 2.64 bits per heavy atom. The summed E-state index contributed by atoms with van der Waals surface area (Å²) in [6.07, 6.45) is 2.81. The van der Waals surface area contributed by atoms with Gasteiger partial charge in [0.15, 0.2) is 5.78 Å². The highest BCUT2D eigenvalue weighted by molar-refractivity contribution is 6.04. The minimum Gasteiger partial charge on any atom is -0.494 e. The fraction of sp³-hybridized carbons (Fsp3) is 0.167. The van der Waals surface area contributed by atoms with E-state index in [1.165, 1.54) is 18.3 Å². The molecular formula is C18H18FNO2. The molecule has 0 spiro atoms. The molecule has 3 nitrogen and oxygen atoms in total. The standard InChI is InChI=1S/C18H18FNO2/c1-3-22-15-7-5-14(6-8-15)18(21)10-11-20-17-12-13(2)4-9-16(17)19/h4-12,20H,3H2,1-2H3. The third kappa shape index (κ3) is 4.19. The molecule has 4 heteroatoms. The fourth-order valence-corrected chi connectivity index (χ4v) is 1.94. The van der Waals surface area contributed by atoms with Gasteiger partial charge >= 0.3 is 0 Å². The molecule has 0 heterocycles. The molecule has 0 aliphatic rings. The number of allylic oxidation sites excluding steroid dienone is 1. The Balaban J connectivity index is 2.00. The van der Waals surface area contributed by atoms with Crippen LogP contribution in [0.5, 0.6) is 5.75 Å². The predicted octanol–water partition coefficient (Wildman–Crippen LogP) is 4.34. The molecule has 2 rings (SSSR count). The van der Waals surface area contributed by atoms with Gasteiger partial charge in [0.2, 0.25) is 0 Å². The van der Waals surface area contributed by atoms with Crippen molar-refractivity contribution in [3.05, 3.63) is 71.7 Å². The number of hydrogen-bond donors (Lipinski definition) is 1. The molecule has 0 fully saturated rings. The molecule has 0 aliphatic carbocycles. The van der Waals surface area contributed by atoms with Crippen molar-refractivity contribution in [2.75, 3.05) is 11.9 Å². The first-order valence-corrected chi connectivity index (χ1v) is 7.06. The molecule has 1 N–H and O–H groups in total. The third-order valence-electron chi connectivity index (χ3n) is 3.05. The second-order valence-corrected chi connectivity index (χ2v) is 4.78. The molecule has 2 aromatic rings. The largest absolute Gasteiger partial charge is 0.494 e. The van der Waals surface area contributed by atoms with E-state index in [1.807, 2.05) is 13.8 Å². The van der Waals surface area contributed by atoms with Crippen LogP contribution in [0.3, 0.4) is 0 Å². The van der Waals surface area contributed by atoms with Crippen LogP contribution in [0.1, 0.15) is 22.8 Å². The summed E-state index contributed by atoms with van der Waals surface area (Å²) in [7, 11) is 0. The van der Waals surface area contributed by atoms with E-state index in [0.29, 0.717) is 17.9 Å². The number of nitrogens with one attached hydrogen (secondary N) is 1. The van der Waals surface area contributed by atoms with Crippen molar-refractivity contribution in [1.29, 1.82) is 0 Å². The molecule has 22 heavy (non-hydrogen) atoms. The minimum absolute atomic E-state index is 0.163. The molecule has 0 radical (unpaired) electrons. The third-order valence-corrected chi connectivity index (χ3v) is 3.05. The monoisotopic (exact) mass is 299 g/mol. The van der Waals surface area contributed by atoms with Gasteiger partial charge in [0, 0.05) is 17.8 Å². The lowest BCUT2D eigenvalue weighted by molar-refractivity contribution is 0.104. The molecule has 0 aromatic heterocycles. The molecule has 0 aliphatic heterocycles. The van der Waals surface area contributed by atoms with E-state index in [0.717, 1.165) is 11.3 Å². The smallest absolute Gasteiger partial charge is 0.187 e. The minimum atomic E-state index is -0.358. The van der Waals surface area contributed by atoms with Crippen LogP contribution in [-0.2, 0) is 0 Å². The van der Waals surface area contributed by atoms with E-state index < -0.39 is 0 Å². The summed E-state index contributed by atoms with van der Waals surface area (Å²) in [6, 6.07) is 11.7. The summed E-state index contributed by atoms with van der Waals surface area (Å²) in [5, 5.41) is 2.79. The van der Waals surface area contributed by atoms with Gasteiger partial charge in [-0.25, -0.2) is 4.39 Å². The van der Waals surface area contributed by atoms with Crippen LogP contribution in [0, 0.1) is 12.7 Å². The van der Waals surface area contributed by atoms with E-state index >= 15 is 0 Å². The second kappa shape index (κ2) is 7.41. The zero-order valence-corrected chi connectivity index (χ0v) is 12.6. The molecule has 0 unspecified atom stereocenters. The van der Waals surface area contributed by atoms with Crippen LogP contribution in [0.15, 0.2) is 54.7 Å². The second-order valence-electron chi connectivity index (χ2n) is 4.78. The zero-order valence-electron chi connectivity index (χ0n) is 12.6. The van der Waals surface area contributed by atoms with Crippen molar-refractivity contribution in [1.82, 2.24) is 0 Å². The van der Waals surface area contributed by atoms with E-state index in [2.05, 4.69) is 5.32 Å². The Hall–Kier alpha value is -2.62. The maximum Gasteiger partial charge on any atom is 0.187 e. The van der Waals surface area contributed by atoms with Crippen molar-refractivity contribution in [3.8, 4) is 5.75 Å². The van der Waals surface area contributed by atoms with Crippen LogP contribution in [0.25, 0.3) is 0 Å². The normalized spacial score (nSPS) is 10.7. The highest BCUT2D eigenvalue weighted by Gasteiger charge is 2.03. The Morgan fingerprint density at radius 2 is 1.95 bits per heavy atom. The van der Waals surface area contributed by atoms with Crippen LogP contribution in [0.2, 0.25) is 0 Å². The number of carbonyl (C=O) groups is 1. The van der Waals surface area contributed by atoms with E-state index in [9.17, 15) is 9.18 Å². The summed E-state index contributed by atoms with van der Waals surface area (Å²) >= 11 is 0. The van der Waals surface area contributed by atoms with Crippen molar-refractivity contribution in [3.63, 3.8) is 0 Å². The molecule has 0 bridgehead atoms. The highest BCUT2D eigenvalue weighted by Crippen LogP contribution is 2.16. The fourth-order valence-electron chi connectivity index (χ4n) is 1.94. The van der Waals surface area contributed by atoms with Gasteiger partial charge in [0.1, 0.15) is 11.6 Å². The number of rotatable bonds is 6. The van der Waals surface area contributed by atoms with Gasteiger partial charge in [-0.2, -0.15) is 0 Å². The molecule has 114 valence electrons. The number of benzene rings is 2. The lowest BCUT2D eigenvalue weighted by Crippen LogP contribution is -1.98. The van der Waals surface area contributed by atoms with Crippen LogP contribution in [-0.4, -0.2) is 12.4 Å². The first-order chi connectivity index (χ1) is 10.6. The van der Waals surface area contributed by atoms with Gasteiger partial charge in [0.05, 0.1) is 12.3 Å². The van der Waals surface area contributed by atoms with Gasteiger partial charge in [-0.05, 0) is 55.8 Å². The number of anilines is 1. The van der Waals surface area contributed by atoms with Crippen molar-refractivity contribution in [2.24, 2.45) is 0 Å². The average Bonchev–Trinajstić information content (AvgIpc) is 2.51. The topological polar surface area (TPSA) is 38.3 Å². The number of aryl methyl sites for hydroxylation is 1. The van der Waals surface area contributed by atoms with Gasteiger partial charge in [-0.3, -0.25) is 4.79 Å². The van der Waals surface area contributed by atoms with Crippen molar-refractivity contribution in [2.45, 2.75) is 13.8 Å². The van der Waals surface area contributed by atoms with E-state index in [4.69, 9.17) is 4.74 Å². The Kier molecular flexibility index (Phi) is 5.31. The molecule has 0 saturated heterocycles. The van der Waals surface area contributed by atoms with Crippen LogP contribution in [0.4, 0.5) is 10.1 Å². The first kappa shape index (κ1) is 15.8.